The van der Waals surface area contributed by atoms with Crippen molar-refractivity contribution in [1.82, 2.24) is 16.0 Å². The summed E-state index contributed by atoms with van der Waals surface area (Å²) in [5, 5.41) is 18.4. The van der Waals surface area contributed by atoms with E-state index in [-0.39, 0.29) is 5.92 Å². The fraction of sp³-hybridized carbons (Fsp3) is 0.185. The van der Waals surface area contributed by atoms with Gasteiger partial charge in [-0.2, -0.15) is 0 Å². The fourth-order valence-electron chi connectivity index (χ4n) is 4.14. The summed E-state index contributed by atoms with van der Waals surface area (Å²) in [5.74, 6) is 0.150. The number of hydrogen-bond acceptors (Lipinski definition) is 3. The lowest BCUT2D eigenvalue weighted by molar-refractivity contribution is 0.282. The third-order valence-electron chi connectivity index (χ3n) is 5.59. The van der Waals surface area contributed by atoms with Gasteiger partial charge in [0.1, 0.15) is 0 Å². The predicted molar refractivity (Wildman–Crippen MR) is 129 cm³/mol. The minimum atomic E-state index is 0.150. The lowest BCUT2D eigenvalue weighted by Crippen LogP contribution is -2.21. The van der Waals surface area contributed by atoms with Gasteiger partial charge < -0.3 is 16.0 Å². The van der Waals surface area contributed by atoms with Gasteiger partial charge in [-0.25, -0.2) is 5.11 Å². The summed E-state index contributed by atoms with van der Waals surface area (Å²) in [7, 11) is 6.69. The second-order valence-electron chi connectivity index (χ2n) is 7.14. The van der Waals surface area contributed by atoms with E-state index in [2.05, 4.69) is 101 Å². The highest BCUT2D eigenvalue weighted by Crippen LogP contribution is 2.40. The molecule has 4 heteroatoms. The molecule has 0 aliphatic heterocycles. The molecular weight excluding hydrogens is 382 g/mol. The molecule has 31 heavy (non-hydrogen) atoms. The maximum absolute atomic E-state index is 8.25. The van der Waals surface area contributed by atoms with E-state index < -0.39 is 0 Å². The second-order valence-corrected chi connectivity index (χ2v) is 7.14. The molecule has 4 rings (SSSR count). The molecule has 0 bridgehead atoms. The SMILES string of the molecule is CNC1=CC(NC)=C(NC)C1c1ccccc1-c1ccc(-c2ccccc2)cc1.C[O]. The molecule has 1 atom stereocenters. The molecule has 0 saturated carbocycles. The molecule has 0 fully saturated rings. The van der Waals surface area contributed by atoms with Gasteiger partial charge in [0.25, 0.3) is 0 Å². The van der Waals surface area contributed by atoms with Crippen molar-refractivity contribution in [2.45, 2.75) is 5.92 Å². The topological polar surface area (TPSA) is 56.0 Å². The Labute approximate surface area is 185 Å². The van der Waals surface area contributed by atoms with E-state index in [1.807, 2.05) is 21.1 Å². The van der Waals surface area contributed by atoms with Crippen molar-refractivity contribution < 1.29 is 5.11 Å². The van der Waals surface area contributed by atoms with Crippen LogP contribution in [0.3, 0.4) is 0 Å². The Kier molecular flexibility index (Phi) is 7.52. The van der Waals surface area contributed by atoms with Crippen LogP contribution in [0.2, 0.25) is 0 Å². The van der Waals surface area contributed by atoms with Gasteiger partial charge in [0.15, 0.2) is 0 Å². The number of likely N-dealkylation sites (N-methyl/N-ethyl adjacent to an activating group) is 3. The Balaban J connectivity index is 0.00000132. The van der Waals surface area contributed by atoms with E-state index in [1.54, 1.807) is 0 Å². The van der Waals surface area contributed by atoms with E-state index in [0.717, 1.165) is 12.8 Å². The van der Waals surface area contributed by atoms with Crippen LogP contribution in [0.4, 0.5) is 0 Å². The highest BCUT2D eigenvalue weighted by molar-refractivity contribution is 5.74. The minimum Gasteiger partial charge on any atom is -0.391 e. The maximum atomic E-state index is 8.25. The Morgan fingerprint density at radius 1 is 0.613 bits per heavy atom. The van der Waals surface area contributed by atoms with Gasteiger partial charge in [-0.3, -0.25) is 0 Å². The van der Waals surface area contributed by atoms with Crippen molar-refractivity contribution in [3.63, 3.8) is 0 Å². The standard InChI is InChI=1S/C26H27N3.CH3O/c1-27-23-17-24(28-2)26(29-3)25(23)22-12-8-7-11-21(22)20-15-13-19(14-16-20)18-9-5-4-6-10-18;1-2/h4-17,25,27-29H,1-3H3;1H3. The van der Waals surface area contributed by atoms with Crippen LogP contribution < -0.4 is 16.0 Å². The summed E-state index contributed by atoms with van der Waals surface area (Å²) in [6.07, 6.45) is 2.19. The molecule has 1 unspecified atom stereocenters. The average Bonchev–Trinajstić information content (AvgIpc) is 3.23. The van der Waals surface area contributed by atoms with Gasteiger partial charge >= 0.3 is 0 Å². The third-order valence-corrected chi connectivity index (χ3v) is 5.59. The molecule has 4 nitrogen and oxygen atoms in total. The van der Waals surface area contributed by atoms with E-state index in [0.29, 0.717) is 0 Å². The number of benzene rings is 3. The summed E-state index contributed by atoms with van der Waals surface area (Å²) in [4.78, 5) is 0. The first-order chi connectivity index (χ1) is 15.3. The van der Waals surface area contributed by atoms with Gasteiger partial charge in [-0.15, -0.1) is 0 Å². The minimum absolute atomic E-state index is 0.150. The number of nitrogens with one attached hydrogen (secondary N) is 3. The summed E-state index contributed by atoms with van der Waals surface area (Å²) in [6.45, 7) is 0. The molecule has 0 aromatic heterocycles. The molecule has 1 radical (unpaired) electrons. The zero-order valence-corrected chi connectivity index (χ0v) is 18.6. The lowest BCUT2D eigenvalue weighted by atomic mass is 9.87. The highest BCUT2D eigenvalue weighted by atomic mass is 16.2. The predicted octanol–water partition coefficient (Wildman–Crippen LogP) is 4.92. The molecule has 159 valence electrons. The van der Waals surface area contributed by atoms with Crippen LogP contribution in [-0.2, 0) is 5.11 Å². The molecule has 0 spiro atoms. The summed E-state index contributed by atoms with van der Waals surface area (Å²) in [5.41, 5.74) is 9.73. The molecule has 1 aliphatic rings. The van der Waals surface area contributed by atoms with Crippen LogP contribution in [0.25, 0.3) is 22.3 Å². The zero-order valence-electron chi connectivity index (χ0n) is 18.6. The van der Waals surface area contributed by atoms with Gasteiger partial charge in [0.2, 0.25) is 0 Å². The van der Waals surface area contributed by atoms with Crippen LogP contribution in [0.1, 0.15) is 11.5 Å². The van der Waals surface area contributed by atoms with Crippen molar-refractivity contribution in [2.24, 2.45) is 0 Å². The molecule has 0 saturated heterocycles. The van der Waals surface area contributed by atoms with Gasteiger partial charge in [-0.05, 0) is 33.9 Å². The molecule has 1 aliphatic carbocycles. The van der Waals surface area contributed by atoms with Crippen molar-refractivity contribution in [3.05, 3.63) is 108 Å². The van der Waals surface area contributed by atoms with Crippen molar-refractivity contribution in [1.29, 1.82) is 0 Å². The maximum Gasteiger partial charge on any atom is 0.0712 e. The first kappa shape index (κ1) is 22.2. The summed E-state index contributed by atoms with van der Waals surface area (Å²) < 4.78 is 0. The fourth-order valence-corrected chi connectivity index (χ4v) is 4.14. The van der Waals surface area contributed by atoms with Crippen LogP contribution in [0.5, 0.6) is 0 Å². The molecule has 3 N–H and O–H groups in total. The van der Waals surface area contributed by atoms with Crippen LogP contribution in [-0.4, -0.2) is 28.3 Å². The molecule has 3 aromatic rings. The van der Waals surface area contributed by atoms with Crippen molar-refractivity contribution in [2.75, 3.05) is 28.3 Å². The lowest BCUT2D eigenvalue weighted by Gasteiger charge is -2.23. The summed E-state index contributed by atoms with van der Waals surface area (Å²) in [6, 6.07) is 28.0. The van der Waals surface area contributed by atoms with E-state index >= 15 is 0 Å². The van der Waals surface area contributed by atoms with E-state index in [4.69, 9.17) is 5.11 Å². The smallest absolute Gasteiger partial charge is 0.0712 e. The average molecular weight is 413 g/mol. The largest absolute Gasteiger partial charge is 0.391 e. The number of allylic oxidation sites excluding steroid dienone is 1. The molecule has 0 amide bonds. The van der Waals surface area contributed by atoms with Gasteiger partial charge in [-0.1, -0.05) is 78.9 Å². The van der Waals surface area contributed by atoms with Crippen LogP contribution in [0, 0.1) is 0 Å². The van der Waals surface area contributed by atoms with E-state index in [1.165, 1.54) is 39.2 Å². The van der Waals surface area contributed by atoms with Crippen molar-refractivity contribution in [3.8, 4) is 22.3 Å². The van der Waals surface area contributed by atoms with Crippen LogP contribution >= 0.6 is 0 Å². The number of hydrogen-bond donors (Lipinski definition) is 3. The second kappa shape index (κ2) is 10.5. The normalized spacial score (nSPS) is 15.0. The highest BCUT2D eigenvalue weighted by Gasteiger charge is 2.29. The first-order valence-corrected chi connectivity index (χ1v) is 10.4. The van der Waals surface area contributed by atoms with Crippen molar-refractivity contribution >= 4 is 0 Å². The monoisotopic (exact) mass is 412 g/mol. The molecular formula is C27H30N3O. The Morgan fingerprint density at radius 3 is 1.81 bits per heavy atom. The van der Waals surface area contributed by atoms with E-state index in [9.17, 15) is 0 Å². The molecule has 3 aromatic carbocycles. The number of rotatable bonds is 6. The zero-order chi connectivity index (χ0) is 22.2. The van der Waals surface area contributed by atoms with Gasteiger partial charge in [0.05, 0.1) is 18.7 Å². The molecule has 0 heterocycles. The Bertz CT molecular complexity index is 1050. The summed E-state index contributed by atoms with van der Waals surface area (Å²) >= 11 is 0. The Morgan fingerprint density at radius 2 is 1.19 bits per heavy atom. The Hall–Kier alpha value is -3.50. The van der Waals surface area contributed by atoms with Crippen LogP contribution in [0.15, 0.2) is 102 Å². The quantitative estimate of drug-likeness (QED) is 0.539. The third kappa shape index (κ3) is 4.49. The van der Waals surface area contributed by atoms with Gasteiger partial charge in [0, 0.05) is 32.5 Å². The first-order valence-electron chi connectivity index (χ1n) is 10.4.